The number of amides is 2. The van der Waals surface area contributed by atoms with Crippen LogP contribution >= 0.6 is 0 Å². The van der Waals surface area contributed by atoms with Crippen LogP contribution in [0.2, 0.25) is 0 Å². The van der Waals surface area contributed by atoms with Gasteiger partial charge in [0, 0.05) is 37.3 Å². The van der Waals surface area contributed by atoms with Gasteiger partial charge in [0.2, 0.25) is 0 Å². The molecule has 1 aliphatic rings. The standard InChI is InChI=1S/C18H18N8O/c1-25-6-7-26(18(25)27)9-14-22-15-11-3-2-10(12-4-5-20-24-12)8-13(11)21-17(19)16(15)23-14/h2-5,8H,6-7,9H2,1H3,(H2,19,21)(H,20,24)(H,22,23). The summed E-state index contributed by atoms with van der Waals surface area (Å²) in [6.45, 7) is 1.83. The zero-order valence-corrected chi connectivity index (χ0v) is 14.7. The minimum absolute atomic E-state index is 0.00982. The van der Waals surface area contributed by atoms with E-state index < -0.39 is 0 Å². The number of nitrogens with zero attached hydrogens (tertiary/aromatic N) is 5. The number of pyridine rings is 1. The molecule has 1 aromatic carbocycles. The molecule has 0 saturated carbocycles. The molecule has 9 nitrogen and oxygen atoms in total. The molecule has 2 amide bonds. The van der Waals surface area contributed by atoms with Crippen LogP contribution in [0.1, 0.15) is 5.82 Å². The molecule has 0 bridgehead atoms. The van der Waals surface area contributed by atoms with Gasteiger partial charge < -0.3 is 20.5 Å². The third-order valence-corrected chi connectivity index (χ3v) is 4.96. The van der Waals surface area contributed by atoms with Crippen LogP contribution in [0.5, 0.6) is 0 Å². The number of rotatable bonds is 3. The topological polar surface area (TPSA) is 120 Å². The van der Waals surface area contributed by atoms with Gasteiger partial charge in [-0.25, -0.2) is 14.8 Å². The number of imidazole rings is 1. The minimum Gasteiger partial charge on any atom is -0.382 e. The Balaban J connectivity index is 1.58. The lowest BCUT2D eigenvalue weighted by atomic mass is 10.1. The number of urea groups is 1. The second kappa shape index (κ2) is 5.70. The minimum atomic E-state index is 0.00982. The molecule has 0 unspecified atom stereocenters. The van der Waals surface area contributed by atoms with Gasteiger partial charge >= 0.3 is 6.03 Å². The quantitative estimate of drug-likeness (QED) is 0.514. The highest BCUT2D eigenvalue weighted by Crippen LogP contribution is 2.29. The fraction of sp³-hybridized carbons (Fsp3) is 0.222. The number of nitrogens with one attached hydrogen (secondary N) is 2. The SMILES string of the molecule is CN1CCN(Cc2nc3c([nH]2)c(N)nc2cc(-c4ccn[nH]4)ccc23)C1=O. The number of aromatic amines is 2. The predicted octanol–water partition coefficient (Wildman–Crippen LogP) is 1.95. The van der Waals surface area contributed by atoms with Crippen molar-refractivity contribution >= 4 is 33.8 Å². The van der Waals surface area contributed by atoms with Crippen LogP contribution in [-0.2, 0) is 6.54 Å². The van der Waals surface area contributed by atoms with E-state index in [4.69, 9.17) is 10.7 Å². The van der Waals surface area contributed by atoms with Crippen LogP contribution in [0.25, 0.3) is 33.2 Å². The second-order valence-electron chi connectivity index (χ2n) is 6.73. The van der Waals surface area contributed by atoms with E-state index in [1.54, 1.807) is 23.0 Å². The van der Waals surface area contributed by atoms with Crippen LogP contribution in [0, 0.1) is 0 Å². The first-order chi connectivity index (χ1) is 13.1. The number of H-pyrrole nitrogens is 2. The fourth-order valence-corrected chi connectivity index (χ4v) is 3.50. The molecule has 27 heavy (non-hydrogen) atoms. The number of nitrogen functional groups attached to an aromatic ring is 1. The van der Waals surface area contributed by atoms with Crippen molar-refractivity contribution in [1.29, 1.82) is 0 Å². The van der Waals surface area contributed by atoms with Gasteiger partial charge in [-0.05, 0) is 18.2 Å². The van der Waals surface area contributed by atoms with Crippen LogP contribution in [-0.4, -0.2) is 61.1 Å². The highest BCUT2D eigenvalue weighted by atomic mass is 16.2. The zero-order valence-electron chi connectivity index (χ0n) is 14.7. The van der Waals surface area contributed by atoms with E-state index in [0.717, 1.165) is 34.2 Å². The van der Waals surface area contributed by atoms with Crippen LogP contribution in [0.3, 0.4) is 0 Å². The average molecular weight is 362 g/mol. The number of likely N-dealkylation sites (N-methyl/N-ethyl adjacent to an activating group) is 1. The number of hydrogen-bond acceptors (Lipinski definition) is 5. The lowest BCUT2D eigenvalue weighted by molar-refractivity contribution is 0.196. The van der Waals surface area contributed by atoms with E-state index in [9.17, 15) is 4.79 Å². The summed E-state index contributed by atoms with van der Waals surface area (Å²) >= 11 is 0. The van der Waals surface area contributed by atoms with Crippen LogP contribution in [0.4, 0.5) is 10.6 Å². The first kappa shape index (κ1) is 15.6. The van der Waals surface area contributed by atoms with E-state index in [1.165, 1.54) is 0 Å². The summed E-state index contributed by atoms with van der Waals surface area (Å²) < 4.78 is 0. The molecule has 136 valence electrons. The van der Waals surface area contributed by atoms with Crippen molar-refractivity contribution in [1.82, 2.24) is 34.9 Å². The Kier molecular flexibility index (Phi) is 3.30. The smallest absolute Gasteiger partial charge is 0.320 e. The van der Waals surface area contributed by atoms with Crippen molar-refractivity contribution in [3.63, 3.8) is 0 Å². The molecule has 1 aliphatic heterocycles. The van der Waals surface area contributed by atoms with Crippen molar-refractivity contribution in [3.05, 3.63) is 36.3 Å². The van der Waals surface area contributed by atoms with Gasteiger partial charge in [0.15, 0.2) is 0 Å². The van der Waals surface area contributed by atoms with Crippen molar-refractivity contribution in [3.8, 4) is 11.3 Å². The average Bonchev–Trinajstić information content (AvgIpc) is 3.39. The molecule has 3 aromatic heterocycles. The lowest BCUT2D eigenvalue weighted by Crippen LogP contribution is -2.29. The molecule has 0 radical (unpaired) electrons. The number of carbonyl (C=O) groups is 1. The molecule has 4 aromatic rings. The van der Waals surface area contributed by atoms with Gasteiger partial charge in [-0.2, -0.15) is 5.10 Å². The lowest BCUT2D eigenvalue weighted by Gasteiger charge is -2.13. The molecular weight excluding hydrogens is 344 g/mol. The van der Waals surface area contributed by atoms with Crippen molar-refractivity contribution < 1.29 is 4.79 Å². The van der Waals surface area contributed by atoms with Crippen molar-refractivity contribution in [2.45, 2.75) is 6.54 Å². The third kappa shape index (κ3) is 2.47. The summed E-state index contributed by atoms with van der Waals surface area (Å²) in [4.78, 5) is 28.1. The Morgan fingerprint density at radius 3 is 2.85 bits per heavy atom. The van der Waals surface area contributed by atoms with E-state index in [1.807, 2.05) is 24.3 Å². The summed E-state index contributed by atoms with van der Waals surface area (Å²) in [5.41, 5.74) is 10.3. The first-order valence-electron chi connectivity index (χ1n) is 8.68. The van der Waals surface area contributed by atoms with Gasteiger partial charge in [0.05, 0.1) is 17.8 Å². The first-order valence-corrected chi connectivity index (χ1v) is 8.68. The van der Waals surface area contributed by atoms with E-state index in [-0.39, 0.29) is 6.03 Å². The van der Waals surface area contributed by atoms with Gasteiger partial charge in [-0.1, -0.05) is 6.07 Å². The highest BCUT2D eigenvalue weighted by Gasteiger charge is 2.26. The highest BCUT2D eigenvalue weighted by molar-refractivity contribution is 6.07. The molecule has 0 aliphatic carbocycles. The number of fused-ring (bicyclic) bond motifs is 3. The Morgan fingerprint density at radius 1 is 1.22 bits per heavy atom. The maximum Gasteiger partial charge on any atom is 0.320 e. The number of carbonyl (C=O) groups excluding carboxylic acids is 1. The van der Waals surface area contributed by atoms with Gasteiger partial charge in [0.1, 0.15) is 22.7 Å². The van der Waals surface area contributed by atoms with E-state index in [2.05, 4.69) is 20.2 Å². The van der Waals surface area contributed by atoms with Crippen LogP contribution in [0.15, 0.2) is 30.5 Å². The van der Waals surface area contributed by atoms with E-state index in [0.29, 0.717) is 30.2 Å². The predicted molar refractivity (Wildman–Crippen MR) is 102 cm³/mol. The Morgan fingerprint density at radius 2 is 2.11 bits per heavy atom. The monoisotopic (exact) mass is 362 g/mol. The van der Waals surface area contributed by atoms with Crippen LogP contribution < -0.4 is 5.73 Å². The molecule has 4 N–H and O–H groups in total. The van der Waals surface area contributed by atoms with Gasteiger partial charge in [-0.15, -0.1) is 0 Å². The normalized spacial score (nSPS) is 14.8. The van der Waals surface area contributed by atoms with Gasteiger partial charge in [0.25, 0.3) is 0 Å². The summed E-state index contributed by atoms with van der Waals surface area (Å²) in [6.07, 6.45) is 1.71. The summed E-state index contributed by atoms with van der Waals surface area (Å²) in [6, 6.07) is 7.86. The molecule has 9 heteroatoms. The summed E-state index contributed by atoms with van der Waals surface area (Å²) in [7, 11) is 1.80. The molecule has 0 atom stereocenters. The summed E-state index contributed by atoms with van der Waals surface area (Å²) in [5.74, 6) is 1.09. The number of benzene rings is 1. The largest absolute Gasteiger partial charge is 0.382 e. The number of aromatic nitrogens is 5. The summed E-state index contributed by atoms with van der Waals surface area (Å²) in [5, 5.41) is 7.85. The molecule has 0 spiro atoms. The van der Waals surface area contributed by atoms with Crippen molar-refractivity contribution in [2.75, 3.05) is 25.9 Å². The molecule has 1 fully saturated rings. The molecule has 5 rings (SSSR count). The second-order valence-corrected chi connectivity index (χ2v) is 6.73. The Hall–Kier alpha value is -3.62. The maximum absolute atomic E-state index is 12.1. The molecular formula is C18H18N8O. The number of hydrogen-bond donors (Lipinski definition) is 3. The van der Waals surface area contributed by atoms with Gasteiger partial charge in [-0.3, -0.25) is 5.10 Å². The molecule has 4 heterocycles. The number of anilines is 1. The Labute approximate surface area is 154 Å². The molecule has 1 saturated heterocycles. The zero-order chi connectivity index (χ0) is 18.5. The Bertz CT molecular complexity index is 1160. The number of nitrogens with two attached hydrogens (primary N) is 1. The fourth-order valence-electron chi connectivity index (χ4n) is 3.50. The third-order valence-electron chi connectivity index (χ3n) is 4.96. The van der Waals surface area contributed by atoms with E-state index >= 15 is 0 Å². The van der Waals surface area contributed by atoms with Crippen molar-refractivity contribution in [2.24, 2.45) is 0 Å². The maximum atomic E-state index is 12.1.